The Labute approximate surface area is 122 Å². The van der Waals surface area contributed by atoms with Crippen molar-refractivity contribution in [1.29, 1.82) is 0 Å². The van der Waals surface area contributed by atoms with Gasteiger partial charge in [-0.3, -0.25) is 4.79 Å². The number of ketones is 1. The molecule has 0 amide bonds. The van der Waals surface area contributed by atoms with E-state index in [1.165, 1.54) is 0 Å². The van der Waals surface area contributed by atoms with Crippen LogP contribution in [-0.2, 0) is 0 Å². The van der Waals surface area contributed by atoms with Gasteiger partial charge in [0.15, 0.2) is 5.78 Å². The largest absolute Gasteiger partial charge is 0.372 e. The summed E-state index contributed by atoms with van der Waals surface area (Å²) in [7, 11) is 2.10. The predicted molar refractivity (Wildman–Crippen MR) is 85.0 cm³/mol. The van der Waals surface area contributed by atoms with Crippen LogP contribution >= 0.6 is 27.7 Å². The number of hydrogen-bond acceptors (Lipinski definition) is 3. The normalized spacial score (nSPS) is 12.3. The fourth-order valence-electron chi connectivity index (χ4n) is 1.75. The highest BCUT2D eigenvalue weighted by molar-refractivity contribution is 9.10. The third-order valence-electron chi connectivity index (χ3n) is 3.14. The van der Waals surface area contributed by atoms with Crippen molar-refractivity contribution >= 4 is 39.2 Å². The summed E-state index contributed by atoms with van der Waals surface area (Å²) in [5.74, 6) is 1.25. The van der Waals surface area contributed by atoms with E-state index in [9.17, 15) is 4.79 Å². The summed E-state index contributed by atoms with van der Waals surface area (Å²) in [5, 5.41) is 0. The van der Waals surface area contributed by atoms with E-state index in [0.29, 0.717) is 6.04 Å². The molecule has 0 bridgehead atoms. The number of carbonyl (C=O) groups excluding carboxylic acids is 1. The molecular formula is C14H20BrNOS. The van der Waals surface area contributed by atoms with Crippen molar-refractivity contribution in [3.8, 4) is 0 Å². The molecule has 1 rings (SSSR count). The second-order valence-corrected chi connectivity index (χ2v) is 6.30. The second kappa shape index (κ2) is 7.19. The van der Waals surface area contributed by atoms with Crippen LogP contribution in [0.2, 0.25) is 0 Å². The van der Waals surface area contributed by atoms with Crippen LogP contribution in [-0.4, -0.2) is 30.9 Å². The predicted octanol–water partition coefficient (Wildman–Crippen LogP) is 4.23. The minimum Gasteiger partial charge on any atom is -0.372 e. The van der Waals surface area contributed by atoms with Gasteiger partial charge in [-0.1, -0.05) is 0 Å². The smallest absolute Gasteiger partial charge is 0.160 e. The zero-order valence-electron chi connectivity index (χ0n) is 11.4. The van der Waals surface area contributed by atoms with E-state index in [1.54, 1.807) is 6.92 Å². The van der Waals surface area contributed by atoms with Crippen molar-refractivity contribution < 1.29 is 4.79 Å². The van der Waals surface area contributed by atoms with Crippen LogP contribution in [0.3, 0.4) is 0 Å². The summed E-state index contributed by atoms with van der Waals surface area (Å²) in [5.41, 5.74) is 1.88. The van der Waals surface area contributed by atoms with Gasteiger partial charge >= 0.3 is 0 Å². The maximum Gasteiger partial charge on any atom is 0.160 e. The topological polar surface area (TPSA) is 20.3 Å². The lowest BCUT2D eigenvalue weighted by molar-refractivity contribution is 0.101. The Hall–Kier alpha value is -0.480. The first-order valence-corrected chi connectivity index (χ1v) is 8.18. The van der Waals surface area contributed by atoms with Gasteiger partial charge in [0.25, 0.3) is 0 Å². The van der Waals surface area contributed by atoms with Gasteiger partial charge < -0.3 is 4.90 Å². The maximum absolute atomic E-state index is 11.4. The van der Waals surface area contributed by atoms with Crippen LogP contribution in [0.5, 0.6) is 0 Å². The van der Waals surface area contributed by atoms with Crippen molar-refractivity contribution in [3.05, 3.63) is 28.2 Å². The number of nitrogens with zero attached hydrogens (tertiary/aromatic N) is 1. The molecule has 0 aromatic heterocycles. The van der Waals surface area contributed by atoms with Crippen LogP contribution in [0.25, 0.3) is 0 Å². The van der Waals surface area contributed by atoms with Crippen molar-refractivity contribution in [3.63, 3.8) is 0 Å². The molecular weight excluding hydrogens is 310 g/mol. The molecule has 100 valence electrons. The molecule has 0 spiro atoms. The zero-order valence-corrected chi connectivity index (χ0v) is 13.8. The number of hydrogen-bond donors (Lipinski definition) is 0. The van der Waals surface area contributed by atoms with E-state index < -0.39 is 0 Å². The summed E-state index contributed by atoms with van der Waals surface area (Å²) in [6.45, 7) is 3.81. The van der Waals surface area contributed by atoms with Crippen molar-refractivity contribution in [1.82, 2.24) is 0 Å². The van der Waals surface area contributed by atoms with E-state index in [0.717, 1.165) is 27.9 Å². The van der Waals surface area contributed by atoms with Gasteiger partial charge in [-0.05, 0) is 66.4 Å². The summed E-state index contributed by atoms with van der Waals surface area (Å²) in [6, 6.07) is 6.41. The number of thioether (sulfide) groups is 1. The third-order valence-corrected chi connectivity index (χ3v) is 4.44. The number of Topliss-reactive ketones (excluding diaryl/α,β-unsaturated/α-hetero) is 1. The molecule has 0 saturated heterocycles. The number of rotatable bonds is 6. The molecule has 0 fully saturated rings. The standard InChI is InChI=1S/C14H20BrNOS/c1-10(7-8-18-4)16(3)12-5-6-13(11(2)17)14(15)9-12/h5-6,9-10H,7-8H2,1-4H3. The average molecular weight is 330 g/mol. The van der Waals surface area contributed by atoms with Crippen molar-refractivity contribution in [2.75, 3.05) is 24.0 Å². The van der Waals surface area contributed by atoms with E-state index in [-0.39, 0.29) is 5.78 Å². The summed E-state index contributed by atoms with van der Waals surface area (Å²) >= 11 is 5.34. The van der Waals surface area contributed by atoms with Crippen molar-refractivity contribution in [2.45, 2.75) is 26.3 Å². The Morgan fingerprint density at radius 2 is 2.17 bits per heavy atom. The van der Waals surface area contributed by atoms with Gasteiger partial charge in [-0.15, -0.1) is 0 Å². The van der Waals surface area contributed by atoms with Crippen LogP contribution in [0.1, 0.15) is 30.6 Å². The van der Waals surface area contributed by atoms with Gasteiger partial charge in [0.1, 0.15) is 0 Å². The summed E-state index contributed by atoms with van der Waals surface area (Å²) < 4.78 is 0.872. The first-order valence-electron chi connectivity index (χ1n) is 5.99. The molecule has 1 aromatic rings. The van der Waals surface area contributed by atoms with Gasteiger partial charge in [-0.2, -0.15) is 11.8 Å². The van der Waals surface area contributed by atoms with Crippen LogP contribution in [0, 0.1) is 0 Å². The number of halogens is 1. The molecule has 0 radical (unpaired) electrons. The lowest BCUT2D eigenvalue weighted by Crippen LogP contribution is -2.29. The molecule has 2 nitrogen and oxygen atoms in total. The lowest BCUT2D eigenvalue weighted by atomic mass is 10.1. The molecule has 0 saturated carbocycles. The molecule has 0 aliphatic heterocycles. The Balaban J connectivity index is 2.83. The third kappa shape index (κ3) is 4.02. The van der Waals surface area contributed by atoms with Gasteiger partial charge in [0.05, 0.1) is 0 Å². The SMILES string of the molecule is CSCCC(C)N(C)c1ccc(C(C)=O)c(Br)c1. The Morgan fingerprint density at radius 1 is 1.50 bits per heavy atom. The molecule has 0 aliphatic carbocycles. The average Bonchev–Trinajstić information content (AvgIpc) is 2.34. The first-order chi connectivity index (χ1) is 8.47. The summed E-state index contributed by atoms with van der Waals surface area (Å²) in [6.07, 6.45) is 3.29. The Morgan fingerprint density at radius 3 is 2.67 bits per heavy atom. The molecule has 0 aliphatic rings. The molecule has 1 atom stereocenters. The second-order valence-electron chi connectivity index (χ2n) is 4.46. The minimum absolute atomic E-state index is 0.0894. The molecule has 18 heavy (non-hydrogen) atoms. The molecule has 4 heteroatoms. The van der Waals surface area contributed by atoms with Crippen LogP contribution < -0.4 is 4.90 Å². The minimum atomic E-state index is 0.0894. The van der Waals surface area contributed by atoms with Crippen molar-refractivity contribution in [2.24, 2.45) is 0 Å². The lowest BCUT2D eigenvalue weighted by Gasteiger charge is -2.27. The first kappa shape index (κ1) is 15.6. The zero-order chi connectivity index (χ0) is 13.7. The van der Waals surface area contributed by atoms with Gasteiger partial charge in [0, 0.05) is 28.8 Å². The Kier molecular flexibility index (Phi) is 6.22. The number of benzene rings is 1. The quantitative estimate of drug-likeness (QED) is 0.728. The fraction of sp³-hybridized carbons (Fsp3) is 0.500. The van der Waals surface area contributed by atoms with Crippen LogP contribution in [0.4, 0.5) is 5.69 Å². The highest BCUT2D eigenvalue weighted by Gasteiger charge is 2.12. The fourth-order valence-corrected chi connectivity index (χ4v) is 2.97. The molecule has 1 aromatic carbocycles. The number of anilines is 1. The van der Waals surface area contributed by atoms with Gasteiger partial charge in [-0.25, -0.2) is 0 Å². The van der Waals surface area contributed by atoms with Crippen LogP contribution in [0.15, 0.2) is 22.7 Å². The van der Waals surface area contributed by atoms with E-state index in [4.69, 9.17) is 0 Å². The van der Waals surface area contributed by atoms with E-state index in [2.05, 4.69) is 41.1 Å². The van der Waals surface area contributed by atoms with E-state index >= 15 is 0 Å². The molecule has 1 unspecified atom stereocenters. The monoisotopic (exact) mass is 329 g/mol. The number of carbonyl (C=O) groups is 1. The highest BCUT2D eigenvalue weighted by atomic mass is 79.9. The Bertz CT molecular complexity index is 422. The molecule has 0 heterocycles. The van der Waals surface area contributed by atoms with E-state index in [1.807, 2.05) is 30.0 Å². The highest BCUT2D eigenvalue weighted by Crippen LogP contribution is 2.25. The maximum atomic E-state index is 11.4. The van der Waals surface area contributed by atoms with Gasteiger partial charge in [0.2, 0.25) is 0 Å². The molecule has 0 N–H and O–H groups in total. The summed E-state index contributed by atoms with van der Waals surface area (Å²) in [4.78, 5) is 13.6.